The van der Waals surface area contributed by atoms with Gasteiger partial charge in [-0.3, -0.25) is 9.69 Å². The van der Waals surface area contributed by atoms with Gasteiger partial charge in [-0.05, 0) is 37.3 Å². The lowest BCUT2D eigenvalue weighted by Crippen LogP contribution is -2.35. The van der Waals surface area contributed by atoms with Gasteiger partial charge < -0.3 is 4.98 Å². The van der Waals surface area contributed by atoms with Crippen LogP contribution in [0.25, 0.3) is 22.3 Å². The Morgan fingerprint density at radius 2 is 1.85 bits per heavy atom. The van der Waals surface area contributed by atoms with Crippen molar-refractivity contribution in [2.75, 3.05) is 6.54 Å². The fourth-order valence-corrected chi connectivity index (χ4v) is 4.44. The zero-order valence-electron chi connectivity index (χ0n) is 18.2. The number of aryl methyl sites for hydroxylation is 1. The number of hydrogen-bond acceptors (Lipinski definition) is 4. The number of fused-ring (bicyclic) bond motifs is 2. The molecule has 0 amide bonds. The maximum absolute atomic E-state index is 12.8. The van der Waals surface area contributed by atoms with Gasteiger partial charge in [-0.2, -0.15) is 13.2 Å². The second-order valence-corrected chi connectivity index (χ2v) is 8.87. The molecule has 4 aromatic rings. The van der Waals surface area contributed by atoms with Crippen LogP contribution in [0.5, 0.6) is 0 Å². The molecule has 3 heterocycles. The van der Waals surface area contributed by atoms with Gasteiger partial charge in [0.15, 0.2) is 0 Å². The highest BCUT2D eigenvalue weighted by Gasteiger charge is 2.30. The fraction of sp³-hybridized carbons (Fsp3) is 0.240. The molecular formula is C25H20ClF3N4O. The van der Waals surface area contributed by atoms with E-state index in [4.69, 9.17) is 11.6 Å². The third kappa shape index (κ3) is 4.43. The fourth-order valence-electron chi connectivity index (χ4n) is 4.24. The molecule has 0 spiro atoms. The van der Waals surface area contributed by atoms with Gasteiger partial charge in [0.2, 0.25) is 0 Å². The van der Waals surface area contributed by atoms with Gasteiger partial charge >= 0.3 is 6.18 Å². The van der Waals surface area contributed by atoms with Crippen LogP contribution in [0.2, 0.25) is 5.15 Å². The molecule has 2 aromatic carbocycles. The van der Waals surface area contributed by atoms with Crippen molar-refractivity contribution in [3.63, 3.8) is 0 Å². The van der Waals surface area contributed by atoms with E-state index in [-0.39, 0.29) is 11.4 Å². The molecule has 0 saturated carbocycles. The molecule has 0 aliphatic carbocycles. The van der Waals surface area contributed by atoms with E-state index in [1.165, 1.54) is 12.1 Å². The molecular weight excluding hydrogens is 465 g/mol. The molecule has 1 N–H and O–H groups in total. The van der Waals surface area contributed by atoms with Crippen molar-refractivity contribution in [2.24, 2.45) is 0 Å². The predicted molar refractivity (Wildman–Crippen MR) is 125 cm³/mol. The van der Waals surface area contributed by atoms with E-state index in [1.807, 2.05) is 25.1 Å². The van der Waals surface area contributed by atoms with E-state index in [0.29, 0.717) is 48.0 Å². The Kier molecular flexibility index (Phi) is 5.65. The number of halogens is 4. The molecule has 34 heavy (non-hydrogen) atoms. The molecule has 0 atom stereocenters. The van der Waals surface area contributed by atoms with E-state index < -0.39 is 11.7 Å². The first-order valence-corrected chi connectivity index (χ1v) is 11.1. The van der Waals surface area contributed by atoms with Gasteiger partial charge in [0.25, 0.3) is 5.56 Å². The van der Waals surface area contributed by atoms with Crippen LogP contribution in [0, 0.1) is 6.92 Å². The Hall–Kier alpha value is -3.23. The minimum atomic E-state index is -4.42. The second-order valence-electron chi connectivity index (χ2n) is 8.51. The van der Waals surface area contributed by atoms with Crippen molar-refractivity contribution in [1.82, 2.24) is 19.9 Å². The lowest BCUT2D eigenvalue weighted by atomic mass is 10.0. The maximum Gasteiger partial charge on any atom is 0.416 e. The number of rotatable bonds is 3. The smallest absolute Gasteiger partial charge is 0.306 e. The summed E-state index contributed by atoms with van der Waals surface area (Å²) in [5.41, 5.74) is 3.47. The molecule has 174 valence electrons. The first-order valence-electron chi connectivity index (χ1n) is 10.8. The van der Waals surface area contributed by atoms with Crippen molar-refractivity contribution < 1.29 is 13.2 Å². The Morgan fingerprint density at radius 1 is 1.09 bits per heavy atom. The summed E-state index contributed by atoms with van der Waals surface area (Å²) in [6, 6.07) is 12.6. The topological polar surface area (TPSA) is 61.9 Å². The van der Waals surface area contributed by atoms with E-state index in [9.17, 15) is 18.0 Å². The van der Waals surface area contributed by atoms with Crippen LogP contribution < -0.4 is 5.56 Å². The molecule has 0 saturated heterocycles. The molecule has 1 aliphatic rings. The third-order valence-electron chi connectivity index (χ3n) is 6.02. The summed E-state index contributed by atoms with van der Waals surface area (Å²) in [5.74, 6) is 0.267. The second kappa shape index (κ2) is 8.52. The van der Waals surface area contributed by atoms with Gasteiger partial charge in [0.05, 0.1) is 22.3 Å². The summed E-state index contributed by atoms with van der Waals surface area (Å²) in [6.07, 6.45) is -3.87. The van der Waals surface area contributed by atoms with Crippen LogP contribution in [0.3, 0.4) is 0 Å². The number of pyridine rings is 1. The minimum Gasteiger partial charge on any atom is -0.306 e. The molecule has 9 heteroatoms. The van der Waals surface area contributed by atoms with E-state index >= 15 is 0 Å². The van der Waals surface area contributed by atoms with Crippen molar-refractivity contribution in [3.05, 3.63) is 92.0 Å². The number of alkyl halides is 3. The first-order chi connectivity index (χ1) is 16.2. The lowest BCUT2D eigenvalue weighted by molar-refractivity contribution is -0.137. The normalized spacial score (nSPS) is 14.4. The number of aromatic nitrogens is 3. The van der Waals surface area contributed by atoms with Gasteiger partial charge in [-0.25, -0.2) is 9.97 Å². The van der Waals surface area contributed by atoms with E-state index in [0.717, 1.165) is 34.2 Å². The van der Waals surface area contributed by atoms with Gasteiger partial charge in [-0.15, -0.1) is 0 Å². The molecule has 0 unspecified atom stereocenters. The van der Waals surface area contributed by atoms with Crippen LogP contribution in [-0.4, -0.2) is 26.4 Å². The SMILES string of the molecule is Cc1ccc2nc(Cl)c(CN3CCc4nc(-c5ccc(C(F)(F)F)cc5)[nH]c(=O)c4C3)cc2c1. The summed E-state index contributed by atoms with van der Waals surface area (Å²) in [4.78, 5) is 26.7. The average Bonchev–Trinajstić information content (AvgIpc) is 2.79. The molecule has 1 aliphatic heterocycles. The number of nitrogens with one attached hydrogen (secondary N) is 1. The van der Waals surface area contributed by atoms with Crippen molar-refractivity contribution in [1.29, 1.82) is 0 Å². The van der Waals surface area contributed by atoms with Crippen LogP contribution in [0.1, 0.15) is 27.9 Å². The number of nitrogens with zero attached hydrogens (tertiary/aromatic N) is 3. The summed E-state index contributed by atoms with van der Waals surface area (Å²) >= 11 is 6.43. The molecule has 0 fully saturated rings. The summed E-state index contributed by atoms with van der Waals surface area (Å²) < 4.78 is 38.5. The average molecular weight is 485 g/mol. The highest BCUT2D eigenvalue weighted by atomic mass is 35.5. The summed E-state index contributed by atoms with van der Waals surface area (Å²) in [7, 11) is 0. The number of aromatic amines is 1. The molecule has 2 aromatic heterocycles. The largest absolute Gasteiger partial charge is 0.416 e. The maximum atomic E-state index is 12.8. The third-order valence-corrected chi connectivity index (χ3v) is 6.35. The van der Waals surface area contributed by atoms with Crippen molar-refractivity contribution in [2.45, 2.75) is 32.6 Å². The van der Waals surface area contributed by atoms with Gasteiger partial charge in [0, 0.05) is 42.6 Å². The monoisotopic (exact) mass is 484 g/mol. The first kappa shape index (κ1) is 22.6. The van der Waals surface area contributed by atoms with Crippen molar-refractivity contribution >= 4 is 22.5 Å². The van der Waals surface area contributed by atoms with Crippen LogP contribution in [-0.2, 0) is 25.7 Å². The Bertz CT molecular complexity index is 1450. The summed E-state index contributed by atoms with van der Waals surface area (Å²) in [6.45, 7) is 3.62. The summed E-state index contributed by atoms with van der Waals surface area (Å²) in [5, 5.41) is 1.45. The number of benzene rings is 2. The van der Waals surface area contributed by atoms with E-state index in [2.05, 4.69) is 25.9 Å². The molecule has 5 nitrogen and oxygen atoms in total. The van der Waals surface area contributed by atoms with Crippen molar-refractivity contribution in [3.8, 4) is 11.4 Å². The number of hydrogen-bond donors (Lipinski definition) is 1. The Balaban J connectivity index is 1.38. The van der Waals surface area contributed by atoms with Gasteiger partial charge in [-0.1, -0.05) is 35.4 Å². The van der Waals surface area contributed by atoms with Crippen LogP contribution in [0.4, 0.5) is 13.2 Å². The van der Waals surface area contributed by atoms with Crippen LogP contribution in [0.15, 0.2) is 53.3 Å². The highest BCUT2D eigenvalue weighted by molar-refractivity contribution is 6.30. The van der Waals surface area contributed by atoms with Crippen LogP contribution >= 0.6 is 11.6 Å². The number of H-pyrrole nitrogens is 1. The highest BCUT2D eigenvalue weighted by Crippen LogP contribution is 2.30. The predicted octanol–water partition coefficient (Wildman–Crippen LogP) is 5.52. The Morgan fingerprint density at radius 3 is 2.59 bits per heavy atom. The molecule has 5 rings (SSSR count). The standard InChI is InChI=1S/C25H20ClF3N4O/c1-14-2-7-20-16(10-14)11-17(22(26)30-20)12-33-9-8-21-19(13-33)24(34)32-23(31-21)15-3-5-18(6-4-15)25(27,28)29/h2-7,10-11H,8-9,12-13H2,1H3,(H,31,32,34). The lowest BCUT2D eigenvalue weighted by Gasteiger charge is -2.28. The molecule has 0 radical (unpaired) electrons. The molecule has 0 bridgehead atoms. The Labute approximate surface area is 198 Å². The zero-order valence-corrected chi connectivity index (χ0v) is 19.0. The van der Waals surface area contributed by atoms with Gasteiger partial charge in [0.1, 0.15) is 11.0 Å². The minimum absolute atomic E-state index is 0.267. The zero-order chi connectivity index (χ0) is 24.0. The quantitative estimate of drug-likeness (QED) is 0.389. The van der Waals surface area contributed by atoms with E-state index in [1.54, 1.807) is 0 Å².